The lowest BCUT2D eigenvalue weighted by molar-refractivity contribution is 0.0916. The summed E-state index contributed by atoms with van der Waals surface area (Å²) in [4.78, 5) is 11.7. The predicted molar refractivity (Wildman–Crippen MR) is 64.5 cm³/mol. The van der Waals surface area contributed by atoms with Gasteiger partial charge in [0.2, 0.25) is 5.78 Å². The van der Waals surface area contributed by atoms with Crippen molar-refractivity contribution in [2.75, 3.05) is 6.61 Å². The largest absolute Gasteiger partial charge is 0.485 e. The topological polar surface area (TPSA) is 44.1 Å². The van der Waals surface area contributed by atoms with Gasteiger partial charge >= 0.3 is 0 Å². The summed E-state index contributed by atoms with van der Waals surface area (Å²) in [6, 6.07) is 8.58. The third-order valence-corrected chi connectivity index (χ3v) is 2.40. The number of hydrogen-bond donors (Lipinski definition) is 0. The average Bonchev–Trinajstić information content (AvgIpc) is 2.73. The first-order chi connectivity index (χ1) is 8.15. The minimum Gasteiger partial charge on any atom is -0.485 e. The predicted octanol–water partition coefficient (Wildman–Crippen LogP) is 2.34. The van der Waals surface area contributed by atoms with Crippen LogP contribution < -0.4 is 4.74 Å². The number of ketones is 1. The van der Waals surface area contributed by atoms with Crippen LogP contribution in [0.3, 0.4) is 0 Å². The van der Waals surface area contributed by atoms with Crippen LogP contribution in [0.4, 0.5) is 0 Å². The Kier molecular flexibility index (Phi) is 3.44. The molecule has 0 spiro atoms. The number of Topliss-reactive ketones (excluding diaryl/α,β-unsaturated/α-hetero) is 1. The maximum Gasteiger partial charge on any atom is 0.220 e. The first-order valence-electron chi connectivity index (χ1n) is 5.06. The van der Waals surface area contributed by atoms with Crippen molar-refractivity contribution in [3.05, 3.63) is 47.2 Å². The maximum absolute atomic E-state index is 11.7. The number of rotatable bonds is 4. The zero-order valence-corrected chi connectivity index (χ0v) is 10.0. The molecule has 0 aliphatic heterocycles. The Morgan fingerprint density at radius 1 is 1.47 bits per heavy atom. The average molecular weight is 251 g/mol. The zero-order chi connectivity index (χ0) is 12.3. The monoisotopic (exact) mass is 250 g/mol. The van der Waals surface area contributed by atoms with Crippen LogP contribution in [0.25, 0.3) is 0 Å². The molecule has 0 fully saturated rings. The van der Waals surface area contributed by atoms with Gasteiger partial charge in [0, 0.05) is 18.3 Å². The van der Waals surface area contributed by atoms with E-state index in [0.29, 0.717) is 16.5 Å². The molecule has 88 valence electrons. The third-order valence-electron chi connectivity index (χ3n) is 2.17. The minimum atomic E-state index is -0.162. The van der Waals surface area contributed by atoms with Crippen LogP contribution in [0.5, 0.6) is 5.75 Å². The second-order valence-corrected chi connectivity index (χ2v) is 3.98. The van der Waals surface area contributed by atoms with Crippen LogP contribution >= 0.6 is 11.6 Å². The SMILES string of the molecule is Cn1ccc(C(=O)COc2cccc(Cl)c2)n1. The molecule has 0 unspecified atom stereocenters. The molecule has 0 saturated heterocycles. The summed E-state index contributed by atoms with van der Waals surface area (Å²) in [6.07, 6.45) is 1.71. The Labute approximate surface area is 104 Å². The molecule has 5 heteroatoms. The van der Waals surface area contributed by atoms with Crippen LogP contribution in [0.2, 0.25) is 5.02 Å². The number of nitrogens with zero attached hydrogens (tertiary/aromatic N) is 2. The van der Waals surface area contributed by atoms with E-state index >= 15 is 0 Å². The molecule has 1 aromatic carbocycles. The summed E-state index contributed by atoms with van der Waals surface area (Å²) >= 11 is 5.80. The Morgan fingerprint density at radius 3 is 2.94 bits per heavy atom. The summed E-state index contributed by atoms with van der Waals surface area (Å²) in [7, 11) is 1.76. The van der Waals surface area contributed by atoms with Crippen molar-refractivity contribution < 1.29 is 9.53 Å². The molecule has 0 amide bonds. The highest BCUT2D eigenvalue weighted by molar-refractivity contribution is 6.30. The van der Waals surface area contributed by atoms with E-state index < -0.39 is 0 Å². The molecule has 0 aliphatic rings. The van der Waals surface area contributed by atoms with Gasteiger partial charge in [0.05, 0.1) is 0 Å². The molecule has 1 heterocycles. The first kappa shape index (κ1) is 11.7. The van der Waals surface area contributed by atoms with Crippen LogP contribution in [-0.2, 0) is 7.05 Å². The first-order valence-corrected chi connectivity index (χ1v) is 5.44. The molecule has 1 aromatic heterocycles. The summed E-state index contributed by atoms with van der Waals surface area (Å²) in [5, 5.41) is 4.58. The highest BCUT2D eigenvalue weighted by Crippen LogP contribution is 2.17. The molecule has 17 heavy (non-hydrogen) atoms. The lowest BCUT2D eigenvalue weighted by Crippen LogP contribution is -2.12. The van der Waals surface area contributed by atoms with Crippen molar-refractivity contribution in [1.82, 2.24) is 9.78 Å². The molecule has 0 atom stereocenters. The molecule has 0 bridgehead atoms. The third kappa shape index (κ3) is 3.07. The number of halogens is 1. The van der Waals surface area contributed by atoms with E-state index in [0.717, 1.165) is 0 Å². The van der Waals surface area contributed by atoms with Gasteiger partial charge in [-0.25, -0.2) is 0 Å². The molecule has 0 saturated carbocycles. The Bertz CT molecular complexity index is 537. The lowest BCUT2D eigenvalue weighted by atomic mass is 10.3. The van der Waals surface area contributed by atoms with E-state index in [2.05, 4.69) is 5.10 Å². The fourth-order valence-corrected chi connectivity index (χ4v) is 1.52. The fourth-order valence-electron chi connectivity index (χ4n) is 1.34. The summed E-state index contributed by atoms with van der Waals surface area (Å²) in [5.74, 6) is 0.410. The number of aryl methyl sites for hydroxylation is 1. The standard InChI is InChI=1S/C12H11ClN2O2/c1-15-6-5-11(14-15)12(16)8-17-10-4-2-3-9(13)7-10/h2-7H,8H2,1H3. The second-order valence-electron chi connectivity index (χ2n) is 3.54. The van der Waals surface area contributed by atoms with Gasteiger partial charge in [-0.1, -0.05) is 17.7 Å². The molecule has 2 rings (SSSR count). The molecule has 2 aromatic rings. The summed E-state index contributed by atoms with van der Waals surface area (Å²) in [5.41, 5.74) is 0.398. The van der Waals surface area contributed by atoms with Gasteiger partial charge in [0.1, 0.15) is 11.4 Å². The van der Waals surface area contributed by atoms with Crippen LogP contribution in [0, 0.1) is 0 Å². The van der Waals surface area contributed by atoms with Crippen LogP contribution in [0.15, 0.2) is 36.5 Å². The fraction of sp³-hybridized carbons (Fsp3) is 0.167. The van der Waals surface area contributed by atoms with Crippen molar-refractivity contribution >= 4 is 17.4 Å². The van der Waals surface area contributed by atoms with Crippen molar-refractivity contribution in [1.29, 1.82) is 0 Å². The van der Waals surface area contributed by atoms with Gasteiger partial charge in [-0.05, 0) is 24.3 Å². The Morgan fingerprint density at radius 2 is 2.29 bits per heavy atom. The number of benzene rings is 1. The molecule has 0 N–H and O–H groups in total. The minimum absolute atomic E-state index is 0.0443. The molecule has 4 nitrogen and oxygen atoms in total. The van der Waals surface area contributed by atoms with Crippen molar-refractivity contribution in [2.45, 2.75) is 0 Å². The smallest absolute Gasteiger partial charge is 0.220 e. The highest BCUT2D eigenvalue weighted by Gasteiger charge is 2.09. The van der Waals surface area contributed by atoms with E-state index in [9.17, 15) is 4.79 Å². The van der Waals surface area contributed by atoms with Gasteiger partial charge in [-0.2, -0.15) is 5.10 Å². The van der Waals surface area contributed by atoms with E-state index in [-0.39, 0.29) is 12.4 Å². The molecular weight excluding hydrogens is 240 g/mol. The number of carbonyl (C=O) groups excluding carboxylic acids is 1. The van der Waals surface area contributed by atoms with E-state index in [1.54, 1.807) is 48.3 Å². The van der Waals surface area contributed by atoms with E-state index in [4.69, 9.17) is 16.3 Å². The zero-order valence-electron chi connectivity index (χ0n) is 9.26. The van der Waals surface area contributed by atoms with Crippen molar-refractivity contribution in [2.24, 2.45) is 7.05 Å². The lowest BCUT2D eigenvalue weighted by Gasteiger charge is -2.04. The van der Waals surface area contributed by atoms with Gasteiger partial charge in [0.25, 0.3) is 0 Å². The normalized spacial score (nSPS) is 10.2. The van der Waals surface area contributed by atoms with Crippen LogP contribution in [0.1, 0.15) is 10.5 Å². The van der Waals surface area contributed by atoms with Gasteiger partial charge in [0.15, 0.2) is 6.61 Å². The number of carbonyl (C=O) groups is 1. The number of aromatic nitrogens is 2. The van der Waals surface area contributed by atoms with Crippen LogP contribution in [-0.4, -0.2) is 22.2 Å². The van der Waals surface area contributed by atoms with E-state index in [1.165, 1.54) is 0 Å². The second kappa shape index (κ2) is 5.01. The van der Waals surface area contributed by atoms with Crippen molar-refractivity contribution in [3.63, 3.8) is 0 Å². The van der Waals surface area contributed by atoms with Gasteiger partial charge in [-0.15, -0.1) is 0 Å². The van der Waals surface area contributed by atoms with Gasteiger partial charge in [-0.3, -0.25) is 9.48 Å². The maximum atomic E-state index is 11.7. The highest BCUT2D eigenvalue weighted by atomic mass is 35.5. The quantitative estimate of drug-likeness (QED) is 0.783. The molecule has 0 radical (unpaired) electrons. The number of ether oxygens (including phenoxy) is 1. The van der Waals surface area contributed by atoms with Gasteiger partial charge < -0.3 is 4.74 Å². The van der Waals surface area contributed by atoms with Crippen molar-refractivity contribution in [3.8, 4) is 5.75 Å². The Balaban J connectivity index is 1.97. The summed E-state index contributed by atoms with van der Waals surface area (Å²) in [6.45, 7) is -0.0443. The molecule has 0 aliphatic carbocycles. The number of hydrogen-bond acceptors (Lipinski definition) is 3. The molecular formula is C12H11ClN2O2. The van der Waals surface area contributed by atoms with E-state index in [1.807, 2.05) is 0 Å². The Hall–Kier alpha value is -1.81. The summed E-state index contributed by atoms with van der Waals surface area (Å²) < 4.78 is 6.91.